The lowest BCUT2D eigenvalue weighted by Crippen LogP contribution is -2.07. The summed E-state index contributed by atoms with van der Waals surface area (Å²) >= 11 is 0. The summed E-state index contributed by atoms with van der Waals surface area (Å²) in [6.07, 6.45) is 79.0. The van der Waals surface area contributed by atoms with Gasteiger partial charge in [-0.3, -0.25) is 0 Å². The van der Waals surface area contributed by atoms with E-state index in [0.29, 0.717) is 0 Å². The summed E-state index contributed by atoms with van der Waals surface area (Å²) in [5, 5.41) is 0. The van der Waals surface area contributed by atoms with Crippen molar-refractivity contribution < 1.29 is 0 Å². The summed E-state index contributed by atoms with van der Waals surface area (Å²) in [5.74, 6) is 2.93. The molecule has 3 heteroatoms. The Morgan fingerprint density at radius 2 is 0.375 bits per heavy atom. The standard InChI is InChI=1S/C61H118N3/c1-4-7-9-11-13-15-17-19-21-23-25-27-29-31-33-35-37-39-41-43-45-47-49-51-53-55-57-60-62-59(6-3)63-61(64-60)58-56-54-52-50-48-46-44-42-40-38-36-34-32-30-28-26-24-22-20-18-16-14-12-10-8-5-2/h6H,4-5,7-58H2,1-3H3. The minimum atomic E-state index is 0.879. The average molecular weight is 894 g/mol. The molecule has 1 heterocycles. The van der Waals surface area contributed by atoms with Crippen LogP contribution in [0.1, 0.15) is 372 Å². The molecule has 0 amide bonds. The lowest BCUT2D eigenvalue weighted by molar-refractivity contribution is 0.514. The van der Waals surface area contributed by atoms with Crippen LogP contribution in [0.4, 0.5) is 0 Å². The number of aromatic nitrogens is 3. The van der Waals surface area contributed by atoms with Gasteiger partial charge in [0.05, 0.1) is 0 Å². The molecule has 0 saturated carbocycles. The van der Waals surface area contributed by atoms with Crippen LogP contribution in [0.15, 0.2) is 0 Å². The lowest BCUT2D eigenvalue weighted by Gasteiger charge is -2.07. The number of rotatable bonds is 55. The Morgan fingerprint density at radius 1 is 0.219 bits per heavy atom. The average Bonchev–Trinajstić information content (AvgIpc) is 3.31. The third-order valence-corrected chi connectivity index (χ3v) is 14.5. The maximum atomic E-state index is 4.90. The SMILES string of the molecule is C[CH]c1nc(CCCCCCCCCCCCCCCCCCCCCCCCCCCC)nc(CCCCCCCCCCCCCCCCCCCCCCCCCCCC)n1. The van der Waals surface area contributed by atoms with E-state index in [2.05, 4.69) is 27.2 Å². The van der Waals surface area contributed by atoms with E-state index in [1.807, 2.05) is 0 Å². The molecule has 1 radical (unpaired) electrons. The van der Waals surface area contributed by atoms with Gasteiger partial charge in [0.25, 0.3) is 0 Å². The Kier molecular flexibility index (Phi) is 50.5. The summed E-state index contributed by atoms with van der Waals surface area (Å²) in [4.78, 5) is 14.4. The first kappa shape index (κ1) is 61.0. The van der Waals surface area contributed by atoms with Crippen LogP contribution < -0.4 is 0 Å². The smallest absolute Gasteiger partial charge is 0.136 e. The van der Waals surface area contributed by atoms with Gasteiger partial charge >= 0.3 is 0 Å². The molecule has 0 saturated heterocycles. The molecule has 0 fully saturated rings. The molecule has 1 rings (SSSR count). The van der Waals surface area contributed by atoms with Gasteiger partial charge in [0, 0.05) is 19.3 Å². The van der Waals surface area contributed by atoms with E-state index in [0.717, 1.165) is 30.3 Å². The zero-order valence-electron chi connectivity index (χ0n) is 44.6. The predicted molar refractivity (Wildman–Crippen MR) is 288 cm³/mol. The highest BCUT2D eigenvalue weighted by Gasteiger charge is 2.07. The largest absolute Gasteiger partial charge is 0.218 e. The number of unbranched alkanes of at least 4 members (excludes halogenated alkanes) is 50. The summed E-state index contributed by atoms with van der Waals surface area (Å²) in [7, 11) is 0. The highest BCUT2D eigenvalue weighted by atomic mass is 15.0. The van der Waals surface area contributed by atoms with Gasteiger partial charge in [-0.15, -0.1) is 0 Å². The molecule has 0 aromatic carbocycles. The van der Waals surface area contributed by atoms with Crippen LogP contribution in [0.3, 0.4) is 0 Å². The van der Waals surface area contributed by atoms with Gasteiger partial charge in [-0.1, -0.05) is 342 Å². The van der Waals surface area contributed by atoms with Crippen molar-refractivity contribution in [1.82, 2.24) is 15.0 Å². The fourth-order valence-electron chi connectivity index (χ4n) is 10.0. The first-order chi connectivity index (χ1) is 31.8. The third-order valence-electron chi connectivity index (χ3n) is 14.5. The van der Waals surface area contributed by atoms with Crippen molar-refractivity contribution in [3.8, 4) is 0 Å². The van der Waals surface area contributed by atoms with Crippen molar-refractivity contribution in [2.24, 2.45) is 0 Å². The molecule has 0 atom stereocenters. The molecule has 0 bridgehead atoms. The number of hydrogen-bond acceptors (Lipinski definition) is 3. The topological polar surface area (TPSA) is 38.7 Å². The lowest BCUT2D eigenvalue weighted by atomic mass is 10.0. The monoisotopic (exact) mass is 893 g/mol. The van der Waals surface area contributed by atoms with E-state index in [1.165, 1.54) is 334 Å². The van der Waals surface area contributed by atoms with Crippen LogP contribution >= 0.6 is 0 Å². The number of nitrogens with zero attached hydrogens (tertiary/aromatic N) is 3. The molecule has 0 aliphatic carbocycles. The fourth-order valence-corrected chi connectivity index (χ4v) is 10.0. The molecule has 0 aliphatic rings. The normalized spacial score (nSPS) is 11.7. The van der Waals surface area contributed by atoms with Crippen molar-refractivity contribution >= 4 is 0 Å². The van der Waals surface area contributed by atoms with Crippen LogP contribution in [-0.4, -0.2) is 15.0 Å². The van der Waals surface area contributed by atoms with Crippen molar-refractivity contribution in [2.75, 3.05) is 0 Å². The molecular weight excluding hydrogens is 775 g/mol. The minimum Gasteiger partial charge on any atom is -0.218 e. The second-order valence-electron chi connectivity index (χ2n) is 21.0. The Labute approximate surface area is 404 Å². The van der Waals surface area contributed by atoms with E-state index in [9.17, 15) is 0 Å². The highest BCUT2D eigenvalue weighted by Crippen LogP contribution is 2.19. The molecule has 1 aromatic rings. The molecule has 0 aliphatic heterocycles. The highest BCUT2D eigenvalue weighted by molar-refractivity contribution is 5.04. The second kappa shape index (κ2) is 53.0. The summed E-state index contributed by atoms with van der Waals surface area (Å²) in [6.45, 7) is 6.68. The van der Waals surface area contributed by atoms with E-state index >= 15 is 0 Å². The maximum Gasteiger partial charge on any atom is 0.136 e. The third kappa shape index (κ3) is 46.1. The summed E-state index contributed by atoms with van der Waals surface area (Å²) < 4.78 is 0. The maximum absolute atomic E-state index is 4.90. The van der Waals surface area contributed by atoms with Gasteiger partial charge < -0.3 is 0 Å². The van der Waals surface area contributed by atoms with Crippen LogP contribution in [0, 0.1) is 6.42 Å². The fraction of sp³-hybridized carbons (Fsp3) is 0.934. The van der Waals surface area contributed by atoms with E-state index in [1.54, 1.807) is 0 Å². The van der Waals surface area contributed by atoms with Gasteiger partial charge in [-0.05, 0) is 12.8 Å². The first-order valence-electron chi connectivity index (χ1n) is 30.3. The van der Waals surface area contributed by atoms with Gasteiger partial charge in [-0.25, -0.2) is 15.0 Å². The van der Waals surface area contributed by atoms with Crippen molar-refractivity contribution in [1.29, 1.82) is 0 Å². The van der Waals surface area contributed by atoms with E-state index in [-0.39, 0.29) is 0 Å². The Hall–Kier alpha value is -0.990. The number of hydrogen-bond donors (Lipinski definition) is 0. The summed E-state index contributed by atoms with van der Waals surface area (Å²) in [6, 6.07) is 0. The second-order valence-corrected chi connectivity index (χ2v) is 21.0. The Morgan fingerprint density at radius 3 is 0.531 bits per heavy atom. The minimum absolute atomic E-state index is 0.879. The molecular formula is C61H118N3. The molecule has 0 unspecified atom stereocenters. The molecule has 377 valence electrons. The van der Waals surface area contributed by atoms with Crippen LogP contribution in [0.25, 0.3) is 0 Å². The van der Waals surface area contributed by atoms with Crippen molar-refractivity contribution in [3.63, 3.8) is 0 Å². The molecule has 64 heavy (non-hydrogen) atoms. The Bertz CT molecular complexity index is 933. The summed E-state index contributed by atoms with van der Waals surface area (Å²) in [5.41, 5.74) is 0. The van der Waals surface area contributed by atoms with Crippen molar-refractivity contribution in [3.05, 3.63) is 23.9 Å². The molecule has 3 nitrogen and oxygen atoms in total. The van der Waals surface area contributed by atoms with E-state index in [4.69, 9.17) is 15.0 Å². The molecule has 1 aromatic heterocycles. The quantitative estimate of drug-likeness (QED) is 0.0612. The predicted octanol–water partition coefficient (Wildman–Crippen LogP) is 21.9. The van der Waals surface area contributed by atoms with Gasteiger partial charge in [0.15, 0.2) is 0 Å². The molecule has 0 N–H and O–H groups in total. The molecule has 0 spiro atoms. The first-order valence-corrected chi connectivity index (χ1v) is 30.3. The van der Waals surface area contributed by atoms with Gasteiger partial charge in [-0.2, -0.15) is 0 Å². The van der Waals surface area contributed by atoms with Gasteiger partial charge in [0.2, 0.25) is 0 Å². The van der Waals surface area contributed by atoms with E-state index < -0.39 is 0 Å². The zero-order chi connectivity index (χ0) is 45.7. The Balaban J connectivity index is 1.83. The van der Waals surface area contributed by atoms with Gasteiger partial charge in [0.1, 0.15) is 17.5 Å². The number of aryl methyl sites for hydroxylation is 2. The van der Waals surface area contributed by atoms with Crippen LogP contribution in [0.2, 0.25) is 0 Å². The zero-order valence-corrected chi connectivity index (χ0v) is 44.6. The van der Waals surface area contributed by atoms with Crippen LogP contribution in [-0.2, 0) is 12.8 Å². The van der Waals surface area contributed by atoms with Crippen molar-refractivity contribution in [2.45, 2.75) is 367 Å². The van der Waals surface area contributed by atoms with Crippen LogP contribution in [0.5, 0.6) is 0 Å².